The van der Waals surface area contributed by atoms with Gasteiger partial charge in [0, 0.05) is 49.4 Å². The first-order valence-electron chi connectivity index (χ1n) is 10.6. The van der Waals surface area contributed by atoms with E-state index in [2.05, 4.69) is 17.1 Å². The van der Waals surface area contributed by atoms with E-state index in [1.807, 2.05) is 0 Å². The molecule has 0 radical (unpaired) electrons. The van der Waals surface area contributed by atoms with Crippen molar-refractivity contribution in [2.45, 2.75) is 11.8 Å². The molecule has 1 aliphatic heterocycles. The number of rotatable bonds is 7. The number of carbonyl (C=O) groups excluding carboxylic acids is 1. The Labute approximate surface area is 191 Å². The molecule has 1 N–H and O–H groups in total. The van der Waals surface area contributed by atoms with Crippen LogP contribution in [0.1, 0.15) is 6.92 Å². The maximum Gasteiger partial charge on any atom is 0.336 e. The molecule has 33 heavy (non-hydrogen) atoms. The summed E-state index contributed by atoms with van der Waals surface area (Å²) in [6.45, 7) is 5.06. The van der Waals surface area contributed by atoms with Crippen LogP contribution in [0.25, 0.3) is 11.0 Å². The number of anilines is 1. The fourth-order valence-electron chi connectivity index (χ4n) is 3.62. The Kier molecular flexibility index (Phi) is 6.77. The summed E-state index contributed by atoms with van der Waals surface area (Å²) in [7, 11) is -3.57. The van der Waals surface area contributed by atoms with Gasteiger partial charge in [0.25, 0.3) is 5.91 Å². The smallest absolute Gasteiger partial charge is 0.336 e. The van der Waals surface area contributed by atoms with Gasteiger partial charge in [0.2, 0.25) is 10.0 Å². The molecule has 1 amide bonds. The van der Waals surface area contributed by atoms with Crippen LogP contribution in [0, 0.1) is 0 Å². The second-order valence-corrected chi connectivity index (χ2v) is 9.59. The third-order valence-electron chi connectivity index (χ3n) is 5.52. The Morgan fingerprint density at radius 3 is 2.42 bits per heavy atom. The molecule has 1 aliphatic rings. The van der Waals surface area contributed by atoms with Crippen molar-refractivity contribution in [1.29, 1.82) is 0 Å². The van der Waals surface area contributed by atoms with E-state index in [-0.39, 0.29) is 11.5 Å². The average Bonchev–Trinajstić information content (AvgIpc) is 2.83. The van der Waals surface area contributed by atoms with Crippen molar-refractivity contribution in [3.63, 3.8) is 0 Å². The highest BCUT2D eigenvalue weighted by atomic mass is 32.2. The molecule has 1 saturated heterocycles. The van der Waals surface area contributed by atoms with Crippen molar-refractivity contribution in [1.82, 2.24) is 9.21 Å². The van der Waals surface area contributed by atoms with Crippen molar-refractivity contribution in [3.8, 4) is 5.75 Å². The fourth-order valence-corrected chi connectivity index (χ4v) is 5.04. The van der Waals surface area contributed by atoms with Crippen LogP contribution in [0.5, 0.6) is 5.75 Å². The SMILES string of the molecule is CCN1CCN(S(=O)(=O)c2ccc(NC(=O)COc3ccc4ccc(=O)oc4c3)cc2)CC1. The van der Waals surface area contributed by atoms with Crippen molar-refractivity contribution in [2.75, 3.05) is 44.6 Å². The van der Waals surface area contributed by atoms with E-state index in [0.29, 0.717) is 43.2 Å². The molecule has 4 rings (SSSR count). The predicted molar refractivity (Wildman–Crippen MR) is 124 cm³/mol. The van der Waals surface area contributed by atoms with Crippen molar-refractivity contribution < 1.29 is 22.4 Å². The van der Waals surface area contributed by atoms with Crippen molar-refractivity contribution in [3.05, 3.63) is 65.0 Å². The second kappa shape index (κ2) is 9.74. The number of fused-ring (bicyclic) bond motifs is 1. The number of likely N-dealkylation sites (N-methyl/N-ethyl adjacent to an activating group) is 1. The van der Waals surface area contributed by atoms with Gasteiger partial charge in [-0.05, 0) is 49.0 Å². The first-order valence-corrected chi connectivity index (χ1v) is 12.1. The highest BCUT2D eigenvalue weighted by Crippen LogP contribution is 2.21. The molecular weight excluding hydrogens is 446 g/mol. The molecule has 0 bridgehead atoms. The molecule has 3 aromatic rings. The van der Waals surface area contributed by atoms with Crippen LogP contribution < -0.4 is 15.7 Å². The molecule has 9 nitrogen and oxygen atoms in total. The second-order valence-electron chi connectivity index (χ2n) is 7.65. The van der Waals surface area contributed by atoms with E-state index >= 15 is 0 Å². The van der Waals surface area contributed by atoms with Gasteiger partial charge in [0.1, 0.15) is 11.3 Å². The van der Waals surface area contributed by atoms with Gasteiger partial charge < -0.3 is 19.4 Å². The molecule has 1 aromatic heterocycles. The number of amides is 1. The van der Waals surface area contributed by atoms with Crippen LogP contribution in [0.2, 0.25) is 0 Å². The van der Waals surface area contributed by atoms with Crippen LogP contribution in [0.15, 0.2) is 68.7 Å². The number of carbonyl (C=O) groups is 1. The van der Waals surface area contributed by atoms with Gasteiger partial charge in [0.05, 0.1) is 4.90 Å². The van der Waals surface area contributed by atoms with Crippen LogP contribution in [0.3, 0.4) is 0 Å². The van der Waals surface area contributed by atoms with Gasteiger partial charge >= 0.3 is 5.63 Å². The van der Waals surface area contributed by atoms with Gasteiger partial charge in [-0.15, -0.1) is 0 Å². The fraction of sp³-hybridized carbons (Fsp3) is 0.304. The zero-order chi connectivity index (χ0) is 23.4. The number of benzene rings is 2. The largest absolute Gasteiger partial charge is 0.484 e. The van der Waals surface area contributed by atoms with Gasteiger partial charge in [0.15, 0.2) is 6.61 Å². The molecular formula is C23H25N3O6S. The minimum Gasteiger partial charge on any atom is -0.484 e. The quantitative estimate of drug-likeness (QED) is 0.526. The Bertz CT molecular complexity index is 1300. The summed E-state index contributed by atoms with van der Waals surface area (Å²) in [6.07, 6.45) is 0. The van der Waals surface area contributed by atoms with E-state index < -0.39 is 21.6 Å². The maximum absolute atomic E-state index is 12.9. The first-order chi connectivity index (χ1) is 15.8. The molecule has 0 unspecified atom stereocenters. The summed E-state index contributed by atoms with van der Waals surface area (Å²) in [5.74, 6) is -0.0208. The van der Waals surface area contributed by atoms with Crippen molar-refractivity contribution >= 4 is 32.6 Å². The number of piperazine rings is 1. The molecule has 0 spiro atoms. The van der Waals surface area contributed by atoms with E-state index in [9.17, 15) is 18.0 Å². The third-order valence-corrected chi connectivity index (χ3v) is 7.43. The van der Waals surface area contributed by atoms with Crippen LogP contribution >= 0.6 is 0 Å². The van der Waals surface area contributed by atoms with Crippen LogP contribution in [-0.2, 0) is 14.8 Å². The molecule has 2 heterocycles. The topological polar surface area (TPSA) is 109 Å². The predicted octanol–water partition coefficient (Wildman–Crippen LogP) is 2.14. The molecule has 2 aromatic carbocycles. The lowest BCUT2D eigenvalue weighted by atomic mass is 10.2. The summed E-state index contributed by atoms with van der Waals surface area (Å²) in [5, 5.41) is 3.42. The number of nitrogens with zero attached hydrogens (tertiary/aromatic N) is 2. The number of hydrogen-bond acceptors (Lipinski definition) is 7. The molecule has 10 heteroatoms. The first kappa shape index (κ1) is 23.0. The van der Waals surface area contributed by atoms with Crippen LogP contribution in [0.4, 0.5) is 5.69 Å². The van der Waals surface area contributed by atoms with Crippen molar-refractivity contribution in [2.24, 2.45) is 0 Å². The number of sulfonamides is 1. The minimum absolute atomic E-state index is 0.194. The summed E-state index contributed by atoms with van der Waals surface area (Å²) in [6, 6.07) is 14.0. The van der Waals surface area contributed by atoms with Gasteiger partial charge in [-0.3, -0.25) is 4.79 Å². The van der Waals surface area contributed by atoms with Crippen LogP contribution in [-0.4, -0.2) is 62.9 Å². The maximum atomic E-state index is 12.9. The Morgan fingerprint density at radius 1 is 1.03 bits per heavy atom. The molecule has 0 saturated carbocycles. The zero-order valence-electron chi connectivity index (χ0n) is 18.2. The van der Waals surface area contributed by atoms with Gasteiger partial charge in [-0.1, -0.05) is 6.92 Å². The van der Waals surface area contributed by atoms with Gasteiger partial charge in [-0.2, -0.15) is 4.31 Å². The zero-order valence-corrected chi connectivity index (χ0v) is 19.0. The highest BCUT2D eigenvalue weighted by molar-refractivity contribution is 7.89. The Balaban J connectivity index is 1.34. The summed E-state index contributed by atoms with van der Waals surface area (Å²) in [4.78, 5) is 26.0. The lowest BCUT2D eigenvalue weighted by Crippen LogP contribution is -2.48. The minimum atomic E-state index is -3.57. The normalized spacial score (nSPS) is 15.4. The molecule has 0 aliphatic carbocycles. The Hall–Kier alpha value is -3.21. The molecule has 1 fully saturated rings. The highest BCUT2D eigenvalue weighted by Gasteiger charge is 2.27. The summed E-state index contributed by atoms with van der Waals surface area (Å²) in [5.41, 5.74) is 0.363. The van der Waals surface area contributed by atoms with E-state index in [0.717, 1.165) is 11.9 Å². The van der Waals surface area contributed by atoms with Gasteiger partial charge in [-0.25, -0.2) is 13.2 Å². The van der Waals surface area contributed by atoms with E-state index in [4.69, 9.17) is 9.15 Å². The monoisotopic (exact) mass is 471 g/mol. The number of hydrogen-bond donors (Lipinski definition) is 1. The summed E-state index contributed by atoms with van der Waals surface area (Å²) >= 11 is 0. The summed E-state index contributed by atoms with van der Waals surface area (Å²) < 4.78 is 37.8. The lowest BCUT2D eigenvalue weighted by Gasteiger charge is -2.33. The molecule has 0 atom stereocenters. The Morgan fingerprint density at radius 2 is 1.73 bits per heavy atom. The average molecular weight is 472 g/mol. The number of ether oxygens (including phenoxy) is 1. The third kappa shape index (κ3) is 5.41. The lowest BCUT2D eigenvalue weighted by molar-refractivity contribution is -0.118. The molecule has 174 valence electrons. The number of nitrogens with one attached hydrogen (secondary N) is 1. The van der Waals surface area contributed by atoms with E-state index in [1.165, 1.54) is 22.5 Å². The standard InChI is InChI=1S/C23H25N3O6S/c1-2-25-11-13-26(14-12-25)33(29,30)20-8-5-18(6-9-20)24-22(27)16-31-19-7-3-17-4-10-23(28)32-21(17)15-19/h3-10,15H,2,11-14,16H2,1H3,(H,24,27). The van der Waals surface area contributed by atoms with E-state index in [1.54, 1.807) is 36.4 Å².